The number of anilines is 1. The van der Waals surface area contributed by atoms with Crippen LogP contribution in [0, 0.1) is 27.7 Å². The Morgan fingerprint density at radius 3 is 2.50 bits per heavy atom. The number of hydrogen-bond acceptors (Lipinski definition) is 4. The number of amides is 1. The molecule has 0 aromatic carbocycles. The monoisotopic (exact) mass is 340 g/mol. The smallest absolute Gasteiger partial charge is 0.226 e. The number of carbonyl (C=O) groups excluding carboxylic acids is 1. The Bertz CT molecular complexity index is 626. The predicted octanol–water partition coefficient (Wildman–Crippen LogP) is 2.90. The average Bonchev–Trinajstić information content (AvgIpc) is 2.84. The van der Waals surface area contributed by atoms with Crippen molar-refractivity contribution in [2.45, 2.75) is 40.7 Å². The van der Waals surface area contributed by atoms with Gasteiger partial charge in [-0.15, -0.1) is 0 Å². The number of carbonyl (C=O) groups is 1. The minimum absolute atomic E-state index is 0.0805. The van der Waals surface area contributed by atoms with Crippen molar-refractivity contribution >= 4 is 27.5 Å². The Kier molecular flexibility index (Phi) is 4.27. The molecule has 6 nitrogen and oxygen atoms in total. The van der Waals surface area contributed by atoms with E-state index in [-0.39, 0.29) is 5.91 Å². The highest BCUT2D eigenvalue weighted by Crippen LogP contribution is 2.21. The Hall–Kier alpha value is -1.63. The maximum atomic E-state index is 12.0. The van der Waals surface area contributed by atoms with Crippen molar-refractivity contribution in [2.24, 2.45) is 0 Å². The van der Waals surface area contributed by atoms with Gasteiger partial charge in [0.05, 0.1) is 16.7 Å². The van der Waals surface area contributed by atoms with Gasteiger partial charge in [-0.25, -0.2) is 0 Å². The van der Waals surface area contributed by atoms with Crippen LogP contribution >= 0.6 is 15.9 Å². The van der Waals surface area contributed by atoms with E-state index in [4.69, 9.17) is 4.52 Å². The van der Waals surface area contributed by atoms with Crippen molar-refractivity contribution in [2.75, 3.05) is 5.32 Å². The summed E-state index contributed by atoms with van der Waals surface area (Å²) in [6.07, 6.45) is 0.346. The number of aromatic nitrogens is 3. The molecule has 0 radical (unpaired) electrons. The quantitative estimate of drug-likeness (QED) is 0.928. The molecule has 20 heavy (non-hydrogen) atoms. The van der Waals surface area contributed by atoms with E-state index in [0.717, 1.165) is 15.9 Å². The Labute approximate surface area is 125 Å². The lowest BCUT2D eigenvalue weighted by Gasteiger charge is -2.06. The molecule has 0 atom stereocenters. The Morgan fingerprint density at radius 1 is 1.30 bits per heavy atom. The molecule has 0 aliphatic rings. The number of halogens is 1. The van der Waals surface area contributed by atoms with Crippen LogP contribution in [0.2, 0.25) is 0 Å². The first-order chi connectivity index (χ1) is 9.40. The Balaban J connectivity index is 1.97. The third-order valence-electron chi connectivity index (χ3n) is 3.14. The van der Waals surface area contributed by atoms with Gasteiger partial charge in [-0.3, -0.25) is 9.48 Å². The SMILES string of the molecule is Cc1nn(CCC(=O)Nc2c(C)noc2C)c(C)c1Br. The van der Waals surface area contributed by atoms with Crippen molar-refractivity contribution in [1.82, 2.24) is 14.9 Å². The summed E-state index contributed by atoms with van der Waals surface area (Å²) in [5.41, 5.74) is 3.29. The highest BCUT2D eigenvalue weighted by Gasteiger charge is 2.14. The number of aryl methyl sites for hydroxylation is 4. The fourth-order valence-corrected chi connectivity index (χ4v) is 2.25. The standard InChI is InChI=1S/C13H17BrN4O2/c1-7-12(14)9(3)18(16-7)6-5-11(19)15-13-8(2)17-20-10(13)4/h5-6H2,1-4H3,(H,15,19). The molecule has 1 amide bonds. The molecule has 2 aromatic rings. The first-order valence-electron chi connectivity index (χ1n) is 6.32. The number of hydrogen-bond donors (Lipinski definition) is 1. The summed E-state index contributed by atoms with van der Waals surface area (Å²) in [4.78, 5) is 12.0. The fraction of sp³-hybridized carbons (Fsp3) is 0.462. The molecule has 0 fully saturated rings. The zero-order valence-corrected chi connectivity index (χ0v) is 13.5. The molecule has 0 saturated carbocycles. The molecule has 1 N–H and O–H groups in total. The summed E-state index contributed by atoms with van der Waals surface area (Å²) in [5.74, 6) is 0.535. The van der Waals surface area contributed by atoms with E-state index in [1.165, 1.54) is 0 Å². The summed E-state index contributed by atoms with van der Waals surface area (Å²) in [5, 5.41) is 11.0. The molecule has 108 valence electrons. The first-order valence-corrected chi connectivity index (χ1v) is 7.11. The van der Waals surface area contributed by atoms with Gasteiger partial charge in [-0.1, -0.05) is 5.16 Å². The lowest BCUT2D eigenvalue weighted by molar-refractivity contribution is -0.116. The lowest BCUT2D eigenvalue weighted by Crippen LogP contribution is -2.16. The largest absolute Gasteiger partial charge is 0.359 e. The van der Waals surface area contributed by atoms with Crippen LogP contribution in [0.1, 0.15) is 29.3 Å². The summed E-state index contributed by atoms with van der Waals surface area (Å²) in [7, 11) is 0. The van der Waals surface area contributed by atoms with Crippen molar-refractivity contribution in [1.29, 1.82) is 0 Å². The third kappa shape index (κ3) is 2.92. The summed E-state index contributed by atoms with van der Waals surface area (Å²) >= 11 is 3.47. The summed E-state index contributed by atoms with van der Waals surface area (Å²) in [6, 6.07) is 0. The molecule has 0 saturated heterocycles. The predicted molar refractivity (Wildman–Crippen MR) is 78.6 cm³/mol. The van der Waals surface area contributed by atoms with Crippen molar-refractivity contribution < 1.29 is 9.32 Å². The number of nitrogens with zero attached hydrogens (tertiary/aromatic N) is 3. The van der Waals surface area contributed by atoms with E-state index in [1.807, 2.05) is 18.5 Å². The highest BCUT2D eigenvalue weighted by atomic mass is 79.9. The van der Waals surface area contributed by atoms with Gasteiger partial charge in [-0.2, -0.15) is 5.10 Å². The zero-order chi connectivity index (χ0) is 14.9. The van der Waals surface area contributed by atoms with Crippen LogP contribution in [0.3, 0.4) is 0 Å². The van der Waals surface area contributed by atoms with Gasteiger partial charge in [-0.05, 0) is 43.6 Å². The average molecular weight is 341 g/mol. The fourth-order valence-electron chi connectivity index (χ4n) is 1.96. The molecular formula is C13H17BrN4O2. The van der Waals surface area contributed by atoms with Gasteiger partial charge >= 0.3 is 0 Å². The second-order valence-corrected chi connectivity index (χ2v) is 5.50. The van der Waals surface area contributed by atoms with Gasteiger partial charge in [0.2, 0.25) is 5.91 Å². The van der Waals surface area contributed by atoms with Crippen molar-refractivity contribution in [3.63, 3.8) is 0 Å². The second-order valence-electron chi connectivity index (χ2n) is 4.71. The van der Waals surface area contributed by atoms with E-state index in [0.29, 0.717) is 30.1 Å². The normalized spacial score (nSPS) is 10.8. The zero-order valence-electron chi connectivity index (χ0n) is 12.0. The van der Waals surface area contributed by atoms with Crippen LogP contribution in [-0.2, 0) is 11.3 Å². The van der Waals surface area contributed by atoms with Crippen LogP contribution in [0.25, 0.3) is 0 Å². The highest BCUT2D eigenvalue weighted by molar-refractivity contribution is 9.10. The molecule has 0 unspecified atom stereocenters. The summed E-state index contributed by atoms with van der Waals surface area (Å²) in [6.45, 7) is 8.00. The molecule has 7 heteroatoms. The van der Waals surface area contributed by atoms with Crippen LogP contribution in [0.4, 0.5) is 5.69 Å². The van der Waals surface area contributed by atoms with Gasteiger partial charge in [0, 0.05) is 12.1 Å². The van der Waals surface area contributed by atoms with E-state index < -0.39 is 0 Å². The summed E-state index contributed by atoms with van der Waals surface area (Å²) < 4.78 is 7.82. The Morgan fingerprint density at radius 2 is 2.00 bits per heavy atom. The molecule has 0 aliphatic carbocycles. The first kappa shape index (κ1) is 14.8. The van der Waals surface area contributed by atoms with Crippen LogP contribution in [-0.4, -0.2) is 20.8 Å². The van der Waals surface area contributed by atoms with E-state index >= 15 is 0 Å². The van der Waals surface area contributed by atoms with Crippen molar-refractivity contribution in [3.8, 4) is 0 Å². The lowest BCUT2D eigenvalue weighted by atomic mass is 10.3. The van der Waals surface area contributed by atoms with Crippen LogP contribution in [0.5, 0.6) is 0 Å². The van der Waals surface area contributed by atoms with Gasteiger partial charge in [0.15, 0.2) is 5.76 Å². The molecule has 0 bridgehead atoms. The third-order valence-corrected chi connectivity index (χ3v) is 4.29. The maximum absolute atomic E-state index is 12.0. The van der Waals surface area contributed by atoms with E-state index in [2.05, 4.69) is 31.5 Å². The van der Waals surface area contributed by atoms with E-state index in [9.17, 15) is 4.79 Å². The molecule has 2 aromatic heterocycles. The topological polar surface area (TPSA) is 73.0 Å². The van der Waals surface area contributed by atoms with Crippen LogP contribution < -0.4 is 5.32 Å². The minimum atomic E-state index is -0.0805. The minimum Gasteiger partial charge on any atom is -0.359 e. The second kappa shape index (κ2) is 5.78. The molecular weight excluding hydrogens is 324 g/mol. The molecule has 0 spiro atoms. The molecule has 2 rings (SSSR count). The van der Waals surface area contributed by atoms with Gasteiger partial charge in [0.1, 0.15) is 11.4 Å². The van der Waals surface area contributed by atoms with Gasteiger partial charge in [0.25, 0.3) is 0 Å². The van der Waals surface area contributed by atoms with Crippen LogP contribution in [0.15, 0.2) is 9.00 Å². The number of rotatable bonds is 4. The maximum Gasteiger partial charge on any atom is 0.226 e. The van der Waals surface area contributed by atoms with Crippen molar-refractivity contribution in [3.05, 3.63) is 27.3 Å². The molecule has 2 heterocycles. The van der Waals surface area contributed by atoms with E-state index in [1.54, 1.807) is 13.8 Å². The number of nitrogens with one attached hydrogen (secondary N) is 1. The van der Waals surface area contributed by atoms with Gasteiger partial charge < -0.3 is 9.84 Å². The molecule has 0 aliphatic heterocycles.